The number of fused-ring (bicyclic) bond motifs is 1. The molecule has 160 valence electrons. The highest BCUT2D eigenvalue weighted by Gasteiger charge is 2.36. The molecule has 4 rings (SSSR count). The number of rotatable bonds is 4. The minimum Gasteiger partial charge on any atom is -0.382 e. The number of pyridine rings is 1. The van der Waals surface area contributed by atoms with Gasteiger partial charge in [-0.1, -0.05) is 0 Å². The minimum atomic E-state index is -2.78. The van der Waals surface area contributed by atoms with Gasteiger partial charge in [-0.3, -0.25) is 14.5 Å². The third-order valence-electron chi connectivity index (χ3n) is 4.87. The topological polar surface area (TPSA) is 98.2 Å². The SMILES string of the molecule is C[C@]1(c2cc(NC(=O)c3ccc(F)cn3)ccc2F)Cn2nc(C(F)F)cc2C(N)=N1. The summed E-state index contributed by atoms with van der Waals surface area (Å²) in [7, 11) is 0. The summed E-state index contributed by atoms with van der Waals surface area (Å²) < 4.78 is 55.0. The molecule has 11 heteroatoms. The molecule has 3 heterocycles. The van der Waals surface area contributed by atoms with Crippen molar-refractivity contribution in [3.63, 3.8) is 0 Å². The van der Waals surface area contributed by atoms with Crippen LogP contribution in [-0.4, -0.2) is 26.5 Å². The van der Waals surface area contributed by atoms with Crippen molar-refractivity contribution >= 4 is 17.4 Å². The number of nitrogens with zero attached hydrogens (tertiary/aromatic N) is 4. The van der Waals surface area contributed by atoms with E-state index in [-0.39, 0.29) is 35.0 Å². The van der Waals surface area contributed by atoms with Crippen molar-refractivity contribution in [3.8, 4) is 0 Å². The number of hydrogen-bond donors (Lipinski definition) is 2. The van der Waals surface area contributed by atoms with Crippen LogP contribution in [0.3, 0.4) is 0 Å². The third-order valence-corrected chi connectivity index (χ3v) is 4.87. The summed E-state index contributed by atoms with van der Waals surface area (Å²) in [4.78, 5) is 20.4. The predicted octanol–water partition coefficient (Wildman–Crippen LogP) is 3.38. The van der Waals surface area contributed by atoms with Crippen LogP contribution >= 0.6 is 0 Å². The van der Waals surface area contributed by atoms with E-state index in [9.17, 15) is 22.4 Å². The fourth-order valence-corrected chi connectivity index (χ4v) is 3.39. The van der Waals surface area contributed by atoms with Gasteiger partial charge in [0.2, 0.25) is 0 Å². The Labute approximate surface area is 173 Å². The van der Waals surface area contributed by atoms with Gasteiger partial charge in [0.15, 0.2) is 0 Å². The first-order chi connectivity index (χ1) is 14.7. The maximum Gasteiger partial charge on any atom is 0.282 e. The first-order valence-electron chi connectivity index (χ1n) is 9.11. The molecule has 1 aromatic carbocycles. The normalized spacial score (nSPS) is 17.9. The van der Waals surface area contributed by atoms with Crippen molar-refractivity contribution in [3.05, 3.63) is 76.9 Å². The molecule has 7 nitrogen and oxygen atoms in total. The van der Waals surface area contributed by atoms with Gasteiger partial charge in [-0.2, -0.15) is 5.10 Å². The van der Waals surface area contributed by atoms with Crippen molar-refractivity contribution in [2.24, 2.45) is 10.7 Å². The molecule has 1 aliphatic rings. The van der Waals surface area contributed by atoms with Crippen molar-refractivity contribution in [1.29, 1.82) is 0 Å². The van der Waals surface area contributed by atoms with E-state index in [1.54, 1.807) is 6.92 Å². The van der Waals surface area contributed by atoms with E-state index in [0.29, 0.717) is 0 Å². The van der Waals surface area contributed by atoms with E-state index in [1.807, 2.05) is 0 Å². The Morgan fingerprint density at radius 2 is 2.00 bits per heavy atom. The lowest BCUT2D eigenvalue weighted by Gasteiger charge is -2.31. The van der Waals surface area contributed by atoms with E-state index >= 15 is 0 Å². The zero-order valence-electron chi connectivity index (χ0n) is 16.1. The maximum atomic E-state index is 14.7. The number of halogens is 4. The summed E-state index contributed by atoms with van der Waals surface area (Å²) in [6.45, 7) is 1.54. The molecule has 3 N–H and O–H groups in total. The van der Waals surface area contributed by atoms with Gasteiger partial charge < -0.3 is 11.1 Å². The lowest BCUT2D eigenvalue weighted by atomic mass is 9.90. The number of benzene rings is 1. The van der Waals surface area contributed by atoms with E-state index < -0.39 is 35.2 Å². The van der Waals surface area contributed by atoms with E-state index in [1.165, 1.54) is 22.9 Å². The highest BCUT2D eigenvalue weighted by atomic mass is 19.3. The smallest absolute Gasteiger partial charge is 0.282 e. The van der Waals surface area contributed by atoms with Gasteiger partial charge in [0.05, 0.1) is 12.7 Å². The van der Waals surface area contributed by atoms with Crippen LogP contribution in [0.5, 0.6) is 0 Å². The molecule has 0 aliphatic carbocycles. The van der Waals surface area contributed by atoms with Crippen LogP contribution in [0.1, 0.15) is 40.8 Å². The third kappa shape index (κ3) is 3.86. The van der Waals surface area contributed by atoms with Crippen molar-refractivity contribution in [1.82, 2.24) is 14.8 Å². The number of aromatic nitrogens is 3. The summed E-state index contributed by atoms with van der Waals surface area (Å²) in [5, 5.41) is 6.40. The first kappa shape index (κ1) is 20.5. The number of alkyl halides is 2. The van der Waals surface area contributed by atoms with Gasteiger partial charge in [-0.25, -0.2) is 22.5 Å². The van der Waals surface area contributed by atoms with Crippen LogP contribution in [0.2, 0.25) is 0 Å². The number of amides is 1. The Kier molecular flexibility index (Phi) is 4.96. The second kappa shape index (κ2) is 7.49. The molecule has 0 saturated carbocycles. The lowest BCUT2D eigenvalue weighted by molar-refractivity contribution is 0.102. The van der Waals surface area contributed by atoms with Gasteiger partial charge in [0, 0.05) is 11.3 Å². The quantitative estimate of drug-likeness (QED) is 0.618. The zero-order chi connectivity index (χ0) is 22.3. The number of carbonyl (C=O) groups is 1. The number of amidine groups is 1. The van der Waals surface area contributed by atoms with Crippen LogP contribution in [0.15, 0.2) is 47.6 Å². The Balaban J connectivity index is 1.65. The van der Waals surface area contributed by atoms with Gasteiger partial charge in [0.25, 0.3) is 12.3 Å². The molecule has 0 spiro atoms. The molecule has 0 bridgehead atoms. The Morgan fingerprint density at radius 3 is 2.68 bits per heavy atom. The number of nitrogens with one attached hydrogen (secondary N) is 1. The van der Waals surface area contributed by atoms with Crippen LogP contribution in [-0.2, 0) is 12.1 Å². The lowest BCUT2D eigenvalue weighted by Crippen LogP contribution is -2.38. The van der Waals surface area contributed by atoms with Crippen molar-refractivity contribution in [2.75, 3.05) is 5.32 Å². The molecule has 0 unspecified atom stereocenters. The highest BCUT2D eigenvalue weighted by molar-refractivity contribution is 6.02. The average Bonchev–Trinajstić information content (AvgIpc) is 3.14. The van der Waals surface area contributed by atoms with Crippen molar-refractivity contribution < 1.29 is 22.4 Å². The monoisotopic (exact) mass is 432 g/mol. The number of nitrogens with two attached hydrogens (primary N) is 1. The molecule has 1 aliphatic heterocycles. The average molecular weight is 432 g/mol. The van der Waals surface area contributed by atoms with Crippen LogP contribution < -0.4 is 11.1 Å². The molecule has 31 heavy (non-hydrogen) atoms. The molecule has 0 fully saturated rings. The fourth-order valence-electron chi connectivity index (χ4n) is 3.39. The number of aliphatic imine (C=N–C) groups is 1. The molecule has 1 atom stereocenters. The van der Waals surface area contributed by atoms with Gasteiger partial charge in [0.1, 0.15) is 40.1 Å². The van der Waals surface area contributed by atoms with Crippen LogP contribution in [0, 0.1) is 11.6 Å². The second-order valence-corrected chi connectivity index (χ2v) is 7.19. The molecule has 0 radical (unpaired) electrons. The Hall–Kier alpha value is -3.76. The largest absolute Gasteiger partial charge is 0.382 e. The number of anilines is 1. The summed E-state index contributed by atoms with van der Waals surface area (Å²) in [5.41, 5.74) is 4.74. The van der Waals surface area contributed by atoms with E-state index in [0.717, 1.165) is 24.4 Å². The summed E-state index contributed by atoms with van der Waals surface area (Å²) >= 11 is 0. The fraction of sp³-hybridized carbons (Fsp3) is 0.200. The second-order valence-electron chi connectivity index (χ2n) is 7.19. The summed E-state index contributed by atoms with van der Waals surface area (Å²) in [5.74, 6) is -1.89. The Morgan fingerprint density at radius 1 is 1.23 bits per heavy atom. The van der Waals surface area contributed by atoms with Gasteiger partial charge >= 0.3 is 0 Å². The number of carbonyl (C=O) groups excluding carboxylic acids is 1. The van der Waals surface area contributed by atoms with Gasteiger partial charge in [-0.05, 0) is 43.3 Å². The standard InChI is InChI=1S/C20H16F4N6O/c1-20(9-30-16(18(25)28-20)7-15(29-30)17(23)24)12-6-11(3-4-13(12)22)27-19(31)14-5-2-10(21)8-26-14/h2-8,17H,9H2,1H3,(H2,25,28)(H,27,31)/t20-/m1/s1. The molecule has 0 saturated heterocycles. The zero-order valence-corrected chi connectivity index (χ0v) is 16.1. The van der Waals surface area contributed by atoms with E-state index in [4.69, 9.17) is 5.73 Å². The van der Waals surface area contributed by atoms with Crippen LogP contribution in [0.25, 0.3) is 0 Å². The summed E-state index contributed by atoms with van der Waals surface area (Å²) in [6, 6.07) is 7.30. The molecular weight excluding hydrogens is 416 g/mol. The number of hydrogen-bond acceptors (Lipinski definition) is 5. The van der Waals surface area contributed by atoms with Crippen molar-refractivity contribution in [2.45, 2.75) is 25.4 Å². The van der Waals surface area contributed by atoms with Crippen LogP contribution in [0.4, 0.5) is 23.2 Å². The molecule has 2 aromatic heterocycles. The van der Waals surface area contributed by atoms with Gasteiger partial charge in [-0.15, -0.1) is 0 Å². The Bertz CT molecular complexity index is 1190. The predicted molar refractivity (Wildman–Crippen MR) is 104 cm³/mol. The molecular formula is C20H16F4N6O. The highest BCUT2D eigenvalue weighted by Crippen LogP contribution is 2.35. The summed E-state index contributed by atoms with van der Waals surface area (Å²) in [6.07, 6.45) is -1.88. The maximum absolute atomic E-state index is 14.7. The molecule has 1 amide bonds. The molecule has 3 aromatic rings. The first-order valence-corrected chi connectivity index (χ1v) is 9.11. The van der Waals surface area contributed by atoms with E-state index in [2.05, 4.69) is 20.4 Å². The minimum absolute atomic E-state index is 0.0286.